The summed E-state index contributed by atoms with van der Waals surface area (Å²) < 4.78 is 39.2. The molecule has 3 saturated heterocycles. The molecule has 8 nitrogen and oxygen atoms in total. The van der Waals surface area contributed by atoms with Gasteiger partial charge >= 0.3 is 13.1 Å². The Kier molecular flexibility index (Phi) is 5.65. The highest BCUT2D eigenvalue weighted by Gasteiger charge is 2.53. The summed E-state index contributed by atoms with van der Waals surface area (Å²) in [5, 5.41) is 1.17. The summed E-state index contributed by atoms with van der Waals surface area (Å²) in [7, 11) is 1.30. The Balaban J connectivity index is 1.40. The van der Waals surface area contributed by atoms with Gasteiger partial charge in [0.2, 0.25) is 0 Å². The quantitative estimate of drug-likeness (QED) is 0.571. The molecule has 0 N–H and O–H groups in total. The number of hydrogen-bond acceptors (Lipinski definition) is 8. The second-order valence-corrected chi connectivity index (χ2v) is 11.9. The first-order valence-electron chi connectivity index (χ1n) is 12.8. The molecule has 5 heterocycles. The summed E-state index contributed by atoms with van der Waals surface area (Å²) in [5.41, 5.74) is -0.00537. The highest BCUT2D eigenvalue weighted by Crippen LogP contribution is 2.43. The van der Waals surface area contributed by atoms with E-state index in [0.717, 1.165) is 24.8 Å². The van der Waals surface area contributed by atoms with E-state index in [1.54, 1.807) is 0 Å². The van der Waals surface area contributed by atoms with Crippen molar-refractivity contribution in [3.8, 4) is 11.8 Å². The molecule has 1 aromatic carbocycles. The lowest BCUT2D eigenvalue weighted by Gasteiger charge is -2.32. The fourth-order valence-electron chi connectivity index (χ4n) is 5.87. The van der Waals surface area contributed by atoms with Gasteiger partial charge in [0.25, 0.3) is 0 Å². The van der Waals surface area contributed by atoms with Crippen molar-refractivity contribution in [3.63, 3.8) is 0 Å². The standard InChI is InChI=1S/C25H33BClFN4O4/c1-23(2)24(3,4)36-26(35-23)16-11-17-18-20(19(16)27)33-10-9-31(5)21(18)30-22(29-17)34-14-25-7-6-8-32(25)13-15(28)12-25/h11,15H,6-10,12-14H2,1-5H3/t15-,25+/m1/s1. The van der Waals surface area contributed by atoms with Crippen LogP contribution in [0.25, 0.3) is 10.9 Å². The second kappa shape index (κ2) is 8.31. The topological polar surface area (TPSA) is 69.2 Å². The minimum absolute atomic E-state index is 0.267. The lowest BCUT2D eigenvalue weighted by molar-refractivity contribution is 0.00578. The summed E-state index contributed by atoms with van der Waals surface area (Å²) in [6.07, 6.45) is 1.66. The fourth-order valence-corrected chi connectivity index (χ4v) is 6.17. The molecule has 6 rings (SSSR count). The largest absolute Gasteiger partial charge is 0.496 e. The van der Waals surface area contributed by atoms with Gasteiger partial charge in [-0.2, -0.15) is 9.97 Å². The molecule has 4 aliphatic heterocycles. The van der Waals surface area contributed by atoms with Crippen LogP contribution >= 0.6 is 11.6 Å². The van der Waals surface area contributed by atoms with Crippen LogP contribution in [0.3, 0.4) is 0 Å². The normalized spacial score (nSPS) is 28.9. The smallest absolute Gasteiger partial charge is 0.489 e. The summed E-state index contributed by atoms with van der Waals surface area (Å²) in [4.78, 5) is 13.8. The number of aromatic nitrogens is 2. The van der Waals surface area contributed by atoms with Crippen molar-refractivity contribution in [2.45, 2.75) is 69.9 Å². The van der Waals surface area contributed by atoms with Gasteiger partial charge < -0.3 is 23.7 Å². The van der Waals surface area contributed by atoms with Crippen molar-refractivity contribution in [2.24, 2.45) is 0 Å². The Labute approximate surface area is 216 Å². The van der Waals surface area contributed by atoms with E-state index in [1.807, 2.05) is 45.7 Å². The molecule has 0 saturated carbocycles. The molecule has 4 aliphatic rings. The molecular weight excluding hydrogens is 486 g/mol. The zero-order chi connectivity index (χ0) is 25.5. The maximum atomic E-state index is 14.2. The number of anilines is 1. The summed E-state index contributed by atoms with van der Waals surface area (Å²) in [6, 6.07) is 2.15. The van der Waals surface area contributed by atoms with Gasteiger partial charge in [-0.3, -0.25) is 4.90 Å². The van der Waals surface area contributed by atoms with Crippen molar-refractivity contribution in [2.75, 3.05) is 44.8 Å². The van der Waals surface area contributed by atoms with Crippen LogP contribution in [0.5, 0.6) is 11.8 Å². The lowest BCUT2D eigenvalue weighted by Crippen LogP contribution is -2.43. The molecule has 3 fully saturated rings. The van der Waals surface area contributed by atoms with Gasteiger partial charge in [-0.15, -0.1) is 0 Å². The molecule has 2 aromatic rings. The average Bonchev–Trinajstić information content (AvgIpc) is 3.34. The summed E-state index contributed by atoms with van der Waals surface area (Å²) in [6.45, 7) is 10.8. The van der Waals surface area contributed by atoms with Crippen molar-refractivity contribution in [1.82, 2.24) is 14.9 Å². The molecule has 0 aliphatic carbocycles. The van der Waals surface area contributed by atoms with Crippen LogP contribution in [0, 0.1) is 0 Å². The zero-order valence-electron chi connectivity index (χ0n) is 21.6. The fraction of sp³-hybridized carbons (Fsp3) is 0.680. The van der Waals surface area contributed by atoms with Crippen molar-refractivity contribution in [1.29, 1.82) is 0 Å². The monoisotopic (exact) mass is 518 g/mol. The second-order valence-electron chi connectivity index (χ2n) is 11.6. The molecule has 36 heavy (non-hydrogen) atoms. The Morgan fingerprint density at radius 3 is 2.69 bits per heavy atom. The van der Waals surface area contributed by atoms with Crippen LogP contribution in [0.15, 0.2) is 6.07 Å². The first-order valence-corrected chi connectivity index (χ1v) is 13.1. The molecule has 0 spiro atoms. The lowest BCUT2D eigenvalue weighted by atomic mass is 9.78. The van der Waals surface area contributed by atoms with E-state index in [-0.39, 0.29) is 11.5 Å². The third-order valence-electron chi connectivity index (χ3n) is 8.64. The van der Waals surface area contributed by atoms with Gasteiger partial charge in [-0.05, 0) is 53.1 Å². The van der Waals surface area contributed by atoms with Crippen molar-refractivity contribution in [3.05, 3.63) is 11.1 Å². The number of benzene rings is 1. The van der Waals surface area contributed by atoms with Crippen molar-refractivity contribution < 1.29 is 23.2 Å². The third kappa shape index (κ3) is 3.75. The minimum atomic E-state index is -0.813. The van der Waals surface area contributed by atoms with Crippen LogP contribution in [0.2, 0.25) is 5.02 Å². The molecular formula is C25H33BClFN4O4. The van der Waals surface area contributed by atoms with E-state index in [2.05, 4.69) is 4.90 Å². The highest BCUT2D eigenvalue weighted by molar-refractivity contribution is 6.66. The SMILES string of the molecule is CN1CCOc2c(Cl)c(B3OC(C)(C)C(C)(C)O3)cc3nc(OC[C@@]45CCCN4C[C@H](F)C5)nc1c23. The number of likely N-dealkylation sites (N-methyl/N-ethyl adjacent to an activating group) is 1. The number of ether oxygens (including phenoxy) is 2. The molecule has 1 aromatic heterocycles. The van der Waals surface area contributed by atoms with Gasteiger partial charge in [0.1, 0.15) is 25.2 Å². The maximum absolute atomic E-state index is 14.2. The van der Waals surface area contributed by atoms with E-state index in [9.17, 15) is 4.39 Å². The van der Waals surface area contributed by atoms with E-state index in [4.69, 9.17) is 40.4 Å². The highest BCUT2D eigenvalue weighted by atomic mass is 35.5. The minimum Gasteiger partial charge on any atom is -0.489 e. The van der Waals surface area contributed by atoms with Gasteiger partial charge in [0.05, 0.1) is 39.2 Å². The number of hydrogen-bond donors (Lipinski definition) is 0. The predicted octanol–water partition coefficient (Wildman–Crippen LogP) is 3.37. The van der Waals surface area contributed by atoms with Gasteiger partial charge in [0.15, 0.2) is 5.75 Å². The molecule has 0 unspecified atom stereocenters. The Bertz CT molecular complexity index is 1200. The van der Waals surface area contributed by atoms with Gasteiger partial charge in [-0.1, -0.05) is 11.6 Å². The zero-order valence-corrected chi connectivity index (χ0v) is 22.3. The number of alkyl halides is 1. The van der Waals surface area contributed by atoms with Crippen LogP contribution in [0.1, 0.15) is 47.0 Å². The average molecular weight is 519 g/mol. The van der Waals surface area contributed by atoms with E-state index < -0.39 is 24.5 Å². The molecule has 0 radical (unpaired) electrons. The first kappa shape index (κ1) is 24.5. The predicted molar refractivity (Wildman–Crippen MR) is 138 cm³/mol. The van der Waals surface area contributed by atoms with E-state index in [1.165, 1.54) is 0 Å². The number of halogens is 2. The molecule has 2 atom stereocenters. The number of rotatable bonds is 4. The molecule has 194 valence electrons. The van der Waals surface area contributed by atoms with Crippen LogP contribution in [0.4, 0.5) is 10.2 Å². The Morgan fingerprint density at radius 2 is 1.94 bits per heavy atom. The van der Waals surface area contributed by atoms with E-state index in [0.29, 0.717) is 60.3 Å². The Hall–Kier alpha value is -1.88. The van der Waals surface area contributed by atoms with Gasteiger partial charge in [0, 0.05) is 25.5 Å². The van der Waals surface area contributed by atoms with Crippen LogP contribution < -0.4 is 19.8 Å². The molecule has 0 amide bonds. The van der Waals surface area contributed by atoms with Crippen LogP contribution in [-0.2, 0) is 9.31 Å². The van der Waals surface area contributed by atoms with Crippen LogP contribution in [-0.4, -0.2) is 84.8 Å². The number of fused-ring (bicyclic) bond motifs is 1. The van der Waals surface area contributed by atoms with E-state index >= 15 is 0 Å². The van der Waals surface area contributed by atoms with Crippen molar-refractivity contribution >= 4 is 40.9 Å². The Morgan fingerprint density at radius 1 is 1.19 bits per heavy atom. The number of nitrogens with zero attached hydrogens (tertiary/aromatic N) is 4. The molecule has 11 heteroatoms. The summed E-state index contributed by atoms with van der Waals surface area (Å²) in [5.74, 6) is 1.22. The summed E-state index contributed by atoms with van der Waals surface area (Å²) >= 11 is 6.91. The first-order chi connectivity index (χ1) is 17.0. The maximum Gasteiger partial charge on any atom is 0.496 e. The molecule has 0 bridgehead atoms. The third-order valence-corrected chi connectivity index (χ3v) is 9.03. The van der Waals surface area contributed by atoms with Gasteiger partial charge in [-0.25, -0.2) is 4.39 Å².